The molecule has 1 saturated heterocycles. The van der Waals surface area contributed by atoms with Crippen LogP contribution in [0.2, 0.25) is 5.02 Å². The van der Waals surface area contributed by atoms with Crippen LogP contribution in [0.1, 0.15) is 28.9 Å². The molecule has 2 aromatic rings. The van der Waals surface area contributed by atoms with Gasteiger partial charge in [-0.3, -0.25) is 4.79 Å². The van der Waals surface area contributed by atoms with Gasteiger partial charge in [0.25, 0.3) is 5.91 Å². The third-order valence-electron chi connectivity index (χ3n) is 3.87. The first-order valence-electron chi connectivity index (χ1n) is 7.67. The van der Waals surface area contributed by atoms with Crippen LogP contribution < -0.4 is 5.32 Å². The Morgan fingerprint density at radius 3 is 2.68 bits per heavy atom. The van der Waals surface area contributed by atoms with Crippen molar-refractivity contribution < 1.29 is 22.7 Å². The van der Waals surface area contributed by atoms with Crippen molar-refractivity contribution in [2.75, 3.05) is 13.2 Å². The Hall–Kier alpha value is -2.06. The second kappa shape index (κ2) is 7.05. The van der Waals surface area contributed by atoms with E-state index < -0.39 is 23.3 Å². The molecular formula is C16H15ClF3N3O2. The molecule has 0 spiro atoms. The maximum atomic E-state index is 13.5. The lowest BCUT2D eigenvalue weighted by atomic mass is 10.2. The lowest BCUT2D eigenvalue weighted by Crippen LogP contribution is -2.33. The second-order valence-electron chi connectivity index (χ2n) is 5.64. The molecule has 9 heteroatoms. The van der Waals surface area contributed by atoms with Crippen LogP contribution in [-0.4, -0.2) is 34.9 Å². The number of alkyl halides is 3. The van der Waals surface area contributed by atoms with Crippen molar-refractivity contribution in [3.8, 4) is 5.69 Å². The SMILES string of the molecule is O=C(NCC1CCCO1)c1cnn(-c2ccc(Cl)cc2)c1C(F)(F)F. The van der Waals surface area contributed by atoms with E-state index in [-0.39, 0.29) is 18.3 Å². The molecule has 1 unspecified atom stereocenters. The van der Waals surface area contributed by atoms with Crippen LogP contribution in [0, 0.1) is 0 Å². The smallest absolute Gasteiger partial charge is 0.376 e. The first-order valence-corrected chi connectivity index (χ1v) is 8.05. The molecule has 0 aliphatic carbocycles. The molecule has 134 valence electrons. The van der Waals surface area contributed by atoms with Crippen LogP contribution in [0.5, 0.6) is 0 Å². The Kier molecular flexibility index (Phi) is 5.01. The third-order valence-corrected chi connectivity index (χ3v) is 4.12. The van der Waals surface area contributed by atoms with Gasteiger partial charge in [-0.05, 0) is 37.1 Å². The number of nitrogens with zero attached hydrogens (tertiary/aromatic N) is 2. The van der Waals surface area contributed by atoms with E-state index in [1.807, 2.05) is 0 Å². The molecule has 1 aromatic carbocycles. The van der Waals surface area contributed by atoms with E-state index in [4.69, 9.17) is 16.3 Å². The Morgan fingerprint density at radius 1 is 1.36 bits per heavy atom. The summed E-state index contributed by atoms with van der Waals surface area (Å²) in [6.45, 7) is 0.769. The Labute approximate surface area is 146 Å². The van der Waals surface area contributed by atoms with Gasteiger partial charge in [0.1, 0.15) is 0 Å². The fourth-order valence-corrected chi connectivity index (χ4v) is 2.80. The van der Waals surface area contributed by atoms with Crippen LogP contribution in [0.4, 0.5) is 13.2 Å². The molecule has 1 aromatic heterocycles. The van der Waals surface area contributed by atoms with Crippen molar-refractivity contribution in [1.82, 2.24) is 15.1 Å². The molecule has 1 N–H and O–H groups in total. The topological polar surface area (TPSA) is 56.1 Å². The largest absolute Gasteiger partial charge is 0.434 e. The van der Waals surface area contributed by atoms with Gasteiger partial charge in [-0.2, -0.15) is 18.3 Å². The second-order valence-corrected chi connectivity index (χ2v) is 6.07. The summed E-state index contributed by atoms with van der Waals surface area (Å²) in [6, 6.07) is 5.71. The zero-order valence-electron chi connectivity index (χ0n) is 13.0. The zero-order valence-corrected chi connectivity index (χ0v) is 13.8. The summed E-state index contributed by atoms with van der Waals surface area (Å²) in [6.07, 6.45) is -2.33. The zero-order chi connectivity index (χ0) is 18.0. The Balaban J connectivity index is 1.88. The Morgan fingerprint density at radius 2 is 2.08 bits per heavy atom. The maximum absolute atomic E-state index is 13.5. The van der Waals surface area contributed by atoms with Crippen molar-refractivity contribution in [2.24, 2.45) is 0 Å². The standard InChI is InChI=1S/C16H15ClF3N3O2/c17-10-3-5-11(6-4-10)23-14(16(18,19)20)13(9-22-23)15(24)21-8-12-2-1-7-25-12/h3-6,9,12H,1-2,7-8H2,(H,21,24). The summed E-state index contributed by atoms with van der Waals surface area (Å²) in [5.74, 6) is -0.831. The third kappa shape index (κ3) is 3.96. The molecule has 5 nitrogen and oxygen atoms in total. The number of carbonyl (C=O) groups is 1. The van der Waals surface area contributed by atoms with Gasteiger partial charge in [0.2, 0.25) is 0 Å². The molecule has 0 bridgehead atoms. The van der Waals surface area contributed by atoms with Crippen molar-refractivity contribution in [3.63, 3.8) is 0 Å². The van der Waals surface area contributed by atoms with Gasteiger partial charge < -0.3 is 10.1 Å². The average molecular weight is 374 g/mol. The van der Waals surface area contributed by atoms with Crippen LogP contribution in [0.15, 0.2) is 30.5 Å². The molecule has 2 heterocycles. The van der Waals surface area contributed by atoms with Crippen molar-refractivity contribution in [3.05, 3.63) is 46.7 Å². The predicted octanol–water partition coefficient (Wildman–Crippen LogP) is 3.45. The van der Waals surface area contributed by atoms with Crippen molar-refractivity contribution in [2.45, 2.75) is 25.1 Å². The molecule has 1 aliphatic heterocycles. The number of rotatable bonds is 4. The number of hydrogen-bond acceptors (Lipinski definition) is 3. The minimum absolute atomic E-state index is 0.162. The molecule has 0 saturated carbocycles. The number of ether oxygens (including phenoxy) is 1. The van der Waals surface area contributed by atoms with Crippen molar-refractivity contribution >= 4 is 17.5 Å². The molecule has 3 rings (SSSR count). The van der Waals surface area contributed by atoms with Crippen LogP contribution >= 0.6 is 11.6 Å². The molecule has 1 atom stereocenters. The molecular weight excluding hydrogens is 359 g/mol. The van der Waals surface area contributed by atoms with E-state index >= 15 is 0 Å². The van der Waals surface area contributed by atoms with E-state index in [1.54, 1.807) is 0 Å². The number of amides is 1. The molecule has 1 aliphatic rings. The summed E-state index contributed by atoms with van der Waals surface area (Å²) in [4.78, 5) is 12.2. The molecule has 1 amide bonds. The summed E-state index contributed by atoms with van der Waals surface area (Å²) in [7, 11) is 0. The van der Waals surface area contributed by atoms with Crippen LogP contribution in [0.25, 0.3) is 5.69 Å². The Bertz CT molecular complexity index is 753. The van der Waals surface area contributed by atoms with Gasteiger partial charge in [-0.1, -0.05) is 11.6 Å². The number of carbonyl (C=O) groups excluding carboxylic acids is 1. The number of halogens is 4. The van der Waals surface area contributed by atoms with E-state index in [0.29, 0.717) is 16.3 Å². The van der Waals surface area contributed by atoms with Gasteiger partial charge in [0.05, 0.1) is 23.6 Å². The normalized spacial score (nSPS) is 17.7. The van der Waals surface area contributed by atoms with E-state index in [1.165, 1.54) is 24.3 Å². The van der Waals surface area contributed by atoms with E-state index in [0.717, 1.165) is 19.0 Å². The average Bonchev–Trinajstić information content (AvgIpc) is 3.22. The number of aromatic nitrogens is 2. The first kappa shape index (κ1) is 17.8. The quantitative estimate of drug-likeness (QED) is 0.893. The fraction of sp³-hybridized carbons (Fsp3) is 0.375. The lowest BCUT2D eigenvalue weighted by Gasteiger charge is -2.14. The van der Waals surface area contributed by atoms with Gasteiger partial charge in [0.15, 0.2) is 5.69 Å². The maximum Gasteiger partial charge on any atom is 0.434 e. The fourth-order valence-electron chi connectivity index (χ4n) is 2.67. The highest BCUT2D eigenvalue weighted by Gasteiger charge is 2.40. The highest BCUT2D eigenvalue weighted by molar-refractivity contribution is 6.30. The summed E-state index contributed by atoms with van der Waals surface area (Å²) >= 11 is 5.76. The van der Waals surface area contributed by atoms with E-state index in [9.17, 15) is 18.0 Å². The summed E-state index contributed by atoms with van der Waals surface area (Å²) < 4.78 is 46.6. The highest BCUT2D eigenvalue weighted by Crippen LogP contribution is 2.33. The number of nitrogens with one attached hydrogen (secondary N) is 1. The predicted molar refractivity (Wildman–Crippen MR) is 84.9 cm³/mol. The van der Waals surface area contributed by atoms with Gasteiger partial charge in [0, 0.05) is 18.2 Å². The molecule has 0 radical (unpaired) electrons. The first-order chi connectivity index (χ1) is 11.9. The minimum atomic E-state index is -4.74. The lowest BCUT2D eigenvalue weighted by molar-refractivity contribution is -0.143. The number of hydrogen-bond donors (Lipinski definition) is 1. The number of benzene rings is 1. The van der Waals surface area contributed by atoms with E-state index in [2.05, 4.69) is 10.4 Å². The van der Waals surface area contributed by atoms with Gasteiger partial charge >= 0.3 is 6.18 Å². The minimum Gasteiger partial charge on any atom is -0.376 e. The summed E-state index contributed by atoms with van der Waals surface area (Å²) in [5.41, 5.74) is -1.49. The highest BCUT2D eigenvalue weighted by atomic mass is 35.5. The van der Waals surface area contributed by atoms with Crippen LogP contribution in [-0.2, 0) is 10.9 Å². The monoisotopic (exact) mass is 373 g/mol. The van der Waals surface area contributed by atoms with Gasteiger partial charge in [-0.15, -0.1) is 0 Å². The molecule has 25 heavy (non-hydrogen) atoms. The van der Waals surface area contributed by atoms with Gasteiger partial charge in [-0.25, -0.2) is 4.68 Å². The van der Waals surface area contributed by atoms with Crippen molar-refractivity contribution in [1.29, 1.82) is 0 Å². The summed E-state index contributed by atoms with van der Waals surface area (Å²) in [5, 5.41) is 6.62. The molecule has 1 fully saturated rings. The van der Waals surface area contributed by atoms with Crippen LogP contribution in [0.3, 0.4) is 0 Å².